The smallest absolute Gasteiger partial charge is 0.255 e. The molecule has 3 nitrogen and oxygen atoms in total. The molecule has 0 fully saturated rings. The van der Waals surface area contributed by atoms with Crippen molar-refractivity contribution in [3.05, 3.63) is 29.8 Å². The van der Waals surface area contributed by atoms with E-state index in [1.807, 2.05) is 24.3 Å². The van der Waals surface area contributed by atoms with Gasteiger partial charge in [-0.1, -0.05) is 32.9 Å². The molecule has 0 heterocycles. The molecule has 0 saturated heterocycles. The number of rotatable bonds is 3. The minimum absolute atomic E-state index is 0.0755. The first-order valence-corrected chi connectivity index (χ1v) is 4.91. The number of carbonyl (C=O) groups is 1. The number of benzene rings is 1. The first kappa shape index (κ1) is 11.6. The van der Waals surface area contributed by atoms with Crippen molar-refractivity contribution in [1.29, 1.82) is 0 Å². The zero-order valence-corrected chi connectivity index (χ0v) is 9.41. The second-order valence-electron chi connectivity index (χ2n) is 4.53. The highest BCUT2D eigenvalue weighted by Gasteiger charge is 2.13. The predicted molar refractivity (Wildman–Crippen MR) is 59.8 cm³/mol. The van der Waals surface area contributed by atoms with Crippen molar-refractivity contribution < 1.29 is 9.53 Å². The number of amides is 1. The summed E-state index contributed by atoms with van der Waals surface area (Å²) in [6.45, 7) is 6.30. The maximum Gasteiger partial charge on any atom is 0.255 e. The summed E-state index contributed by atoms with van der Waals surface area (Å²) in [5.74, 6) is 0.220. The van der Waals surface area contributed by atoms with Crippen LogP contribution in [0.25, 0.3) is 0 Å². The number of primary amides is 1. The van der Waals surface area contributed by atoms with Crippen LogP contribution in [0.4, 0.5) is 0 Å². The summed E-state index contributed by atoms with van der Waals surface area (Å²) in [4.78, 5) is 10.6. The van der Waals surface area contributed by atoms with Gasteiger partial charge in [0, 0.05) is 0 Å². The highest BCUT2D eigenvalue weighted by molar-refractivity contribution is 5.75. The quantitative estimate of drug-likeness (QED) is 0.822. The Morgan fingerprint density at radius 2 is 2.07 bits per heavy atom. The van der Waals surface area contributed by atoms with E-state index < -0.39 is 5.91 Å². The van der Waals surface area contributed by atoms with Crippen molar-refractivity contribution in [3.63, 3.8) is 0 Å². The fourth-order valence-corrected chi connectivity index (χ4v) is 1.21. The maximum absolute atomic E-state index is 10.6. The van der Waals surface area contributed by atoms with Gasteiger partial charge in [-0.05, 0) is 23.1 Å². The molecule has 0 unspecified atom stereocenters. The van der Waals surface area contributed by atoms with Gasteiger partial charge in [-0.15, -0.1) is 0 Å². The van der Waals surface area contributed by atoms with E-state index in [1.165, 1.54) is 5.56 Å². The van der Waals surface area contributed by atoms with Crippen LogP contribution in [-0.4, -0.2) is 12.5 Å². The summed E-state index contributed by atoms with van der Waals surface area (Å²) in [5.41, 5.74) is 6.25. The number of nitrogens with two attached hydrogens (primary N) is 1. The molecule has 82 valence electrons. The van der Waals surface area contributed by atoms with E-state index in [2.05, 4.69) is 20.8 Å². The van der Waals surface area contributed by atoms with E-state index in [-0.39, 0.29) is 12.0 Å². The van der Waals surface area contributed by atoms with Gasteiger partial charge in [-0.2, -0.15) is 0 Å². The molecule has 2 N–H and O–H groups in total. The lowest BCUT2D eigenvalue weighted by Gasteiger charge is -2.19. The molecule has 0 bridgehead atoms. The van der Waals surface area contributed by atoms with Gasteiger partial charge in [0.2, 0.25) is 0 Å². The van der Waals surface area contributed by atoms with Gasteiger partial charge in [-0.25, -0.2) is 0 Å². The molecular weight excluding hydrogens is 190 g/mol. The molecule has 0 saturated carbocycles. The first-order valence-electron chi connectivity index (χ1n) is 4.91. The second kappa shape index (κ2) is 4.34. The van der Waals surface area contributed by atoms with Crippen molar-refractivity contribution in [2.45, 2.75) is 26.2 Å². The molecule has 0 aliphatic carbocycles. The number of hydrogen-bond acceptors (Lipinski definition) is 2. The average Bonchev–Trinajstić information content (AvgIpc) is 2.14. The molecule has 1 aromatic carbocycles. The molecule has 0 aromatic heterocycles. The molecule has 0 atom stereocenters. The first-order chi connectivity index (χ1) is 6.89. The molecule has 0 aliphatic heterocycles. The van der Waals surface area contributed by atoms with Crippen LogP contribution < -0.4 is 10.5 Å². The van der Waals surface area contributed by atoms with Crippen LogP contribution >= 0.6 is 0 Å². The molecule has 0 aliphatic rings. The molecule has 1 rings (SSSR count). The Morgan fingerprint density at radius 3 is 2.60 bits per heavy atom. The zero-order valence-electron chi connectivity index (χ0n) is 9.41. The molecule has 0 spiro atoms. The number of hydrogen-bond donors (Lipinski definition) is 1. The summed E-state index contributed by atoms with van der Waals surface area (Å²) in [5, 5.41) is 0. The normalized spacial score (nSPS) is 11.1. The summed E-state index contributed by atoms with van der Waals surface area (Å²) in [7, 11) is 0. The Hall–Kier alpha value is -1.51. The lowest BCUT2D eigenvalue weighted by molar-refractivity contribution is -0.119. The van der Waals surface area contributed by atoms with Crippen LogP contribution in [0.15, 0.2) is 24.3 Å². The third-order valence-corrected chi connectivity index (χ3v) is 2.08. The van der Waals surface area contributed by atoms with Gasteiger partial charge in [0.1, 0.15) is 5.75 Å². The predicted octanol–water partition coefficient (Wildman–Crippen LogP) is 1.85. The van der Waals surface area contributed by atoms with Gasteiger partial charge in [-0.3, -0.25) is 4.79 Å². The fourth-order valence-electron chi connectivity index (χ4n) is 1.21. The second-order valence-corrected chi connectivity index (χ2v) is 4.53. The molecular formula is C12H17NO2. The third-order valence-electron chi connectivity index (χ3n) is 2.08. The lowest BCUT2D eigenvalue weighted by Crippen LogP contribution is -2.20. The monoisotopic (exact) mass is 207 g/mol. The lowest BCUT2D eigenvalue weighted by atomic mass is 9.87. The minimum atomic E-state index is -0.462. The van der Waals surface area contributed by atoms with Crippen molar-refractivity contribution in [2.75, 3.05) is 6.61 Å². The van der Waals surface area contributed by atoms with Gasteiger partial charge in [0.25, 0.3) is 5.91 Å². The van der Waals surface area contributed by atoms with E-state index in [0.717, 1.165) is 0 Å². The minimum Gasteiger partial charge on any atom is -0.484 e. The van der Waals surface area contributed by atoms with E-state index >= 15 is 0 Å². The van der Waals surface area contributed by atoms with Crippen LogP contribution in [0.3, 0.4) is 0 Å². The van der Waals surface area contributed by atoms with Crippen molar-refractivity contribution in [2.24, 2.45) is 5.73 Å². The average molecular weight is 207 g/mol. The highest BCUT2D eigenvalue weighted by atomic mass is 16.5. The van der Waals surface area contributed by atoms with Crippen LogP contribution in [0.5, 0.6) is 5.75 Å². The standard InChI is InChI=1S/C12H17NO2/c1-12(2,3)9-5-4-6-10(7-9)15-8-11(13)14/h4-7H,8H2,1-3H3,(H2,13,14). The molecule has 1 amide bonds. The van der Waals surface area contributed by atoms with E-state index in [4.69, 9.17) is 10.5 Å². The highest BCUT2D eigenvalue weighted by Crippen LogP contribution is 2.25. The summed E-state index contributed by atoms with van der Waals surface area (Å²) < 4.78 is 5.23. The largest absolute Gasteiger partial charge is 0.484 e. The Bertz CT molecular complexity index is 353. The van der Waals surface area contributed by atoms with E-state index in [1.54, 1.807) is 0 Å². The number of carbonyl (C=O) groups excluding carboxylic acids is 1. The Kier molecular flexibility index (Phi) is 3.35. The summed E-state index contributed by atoms with van der Waals surface area (Å²) in [6.07, 6.45) is 0. The van der Waals surface area contributed by atoms with E-state index in [0.29, 0.717) is 5.75 Å². The van der Waals surface area contributed by atoms with Gasteiger partial charge in [0.15, 0.2) is 6.61 Å². The molecule has 15 heavy (non-hydrogen) atoms. The van der Waals surface area contributed by atoms with Crippen molar-refractivity contribution >= 4 is 5.91 Å². The number of ether oxygens (including phenoxy) is 1. The Morgan fingerprint density at radius 1 is 1.40 bits per heavy atom. The van der Waals surface area contributed by atoms with E-state index in [9.17, 15) is 4.79 Å². The molecule has 0 radical (unpaired) electrons. The van der Waals surface area contributed by atoms with Crippen LogP contribution in [0, 0.1) is 0 Å². The van der Waals surface area contributed by atoms with Gasteiger partial charge >= 0.3 is 0 Å². The SMILES string of the molecule is CC(C)(C)c1cccc(OCC(N)=O)c1. The molecule has 3 heteroatoms. The van der Waals surface area contributed by atoms with Gasteiger partial charge < -0.3 is 10.5 Å². The zero-order chi connectivity index (χ0) is 11.5. The Balaban J connectivity index is 2.79. The van der Waals surface area contributed by atoms with Crippen molar-refractivity contribution in [3.8, 4) is 5.75 Å². The third kappa shape index (κ3) is 3.62. The maximum atomic E-state index is 10.6. The molecule has 1 aromatic rings. The fraction of sp³-hybridized carbons (Fsp3) is 0.417. The van der Waals surface area contributed by atoms with Crippen LogP contribution in [-0.2, 0) is 10.2 Å². The topological polar surface area (TPSA) is 52.3 Å². The van der Waals surface area contributed by atoms with Crippen LogP contribution in [0.1, 0.15) is 26.3 Å². The van der Waals surface area contributed by atoms with Crippen molar-refractivity contribution in [1.82, 2.24) is 0 Å². The Labute approximate surface area is 90.2 Å². The van der Waals surface area contributed by atoms with Crippen LogP contribution in [0.2, 0.25) is 0 Å². The van der Waals surface area contributed by atoms with Gasteiger partial charge in [0.05, 0.1) is 0 Å². The summed E-state index contributed by atoms with van der Waals surface area (Å²) >= 11 is 0. The summed E-state index contributed by atoms with van der Waals surface area (Å²) in [6, 6.07) is 7.70.